The number of hydrogen-bond acceptors (Lipinski definition) is 13. The monoisotopic (exact) mass is 482 g/mol. The van der Waals surface area contributed by atoms with Crippen LogP contribution in [0.4, 0.5) is 0 Å². The van der Waals surface area contributed by atoms with E-state index in [0.717, 1.165) is 24.3 Å². The number of carbonyl (C=O) groups is 1. The molecule has 13 nitrogen and oxygen atoms in total. The molecular weight excluding hydrogens is 460 g/mol. The molecule has 1 heterocycles. The summed E-state index contributed by atoms with van der Waals surface area (Å²) in [6.45, 7) is -0.760. The van der Waals surface area contributed by atoms with E-state index in [4.69, 9.17) is 29.9 Å². The third-order valence-corrected chi connectivity index (χ3v) is 4.59. The Hall–Kier alpha value is -3.88. The Bertz CT molecular complexity index is 1220. The van der Waals surface area contributed by atoms with E-state index in [1.807, 2.05) is 0 Å². The first-order chi connectivity index (χ1) is 15.9. The lowest BCUT2D eigenvalue weighted by Crippen LogP contribution is -2.46. The molecule has 13 heteroatoms. The number of phenolic OH excluding ortho intramolecular Hbond substituents is 4. The Morgan fingerprint density at radius 1 is 0.853 bits per heavy atom. The van der Waals surface area contributed by atoms with Crippen molar-refractivity contribution in [1.29, 1.82) is 0 Å². The van der Waals surface area contributed by atoms with Gasteiger partial charge in [0.05, 0.1) is 6.61 Å². The highest BCUT2D eigenvalue weighted by atomic mass is 16.4. The van der Waals surface area contributed by atoms with Crippen molar-refractivity contribution in [1.82, 2.24) is 0 Å². The van der Waals surface area contributed by atoms with Gasteiger partial charge in [0, 0.05) is 17.7 Å². The van der Waals surface area contributed by atoms with Crippen molar-refractivity contribution in [2.24, 2.45) is 0 Å². The lowest BCUT2D eigenvalue weighted by molar-refractivity contribution is -0.136. The van der Waals surface area contributed by atoms with Gasteiger partial charge < -0.3 is 60.3 Å². The van der Waals surface area contributed by atoms with Gasteiger partial charge in [0.1, 0.15) is 46.9 Å². The molecule has 10 N–H and O–H groups in total. The summed E-state index contributed by atoms with van der Waals surface area (Å²) in [5, 5.41) is 91.2. The van der Waals surface area contributed by atoms with Crippen LogP contribution in [0.3, 0.4) is 0 Å². The van der Waals surface area contributed by atoms with Gasteiger partial charge in [0.25, 0.3) is 0 Å². The molecule has 0 spiro atoms. The van der Waals surface area contributed by atoms with E-state index in [1.165, 1.54) is 6.07 Å². The van der Waals surface area contributed by atoms with Crippen molar-refractivity contribution in [3.63, 3.8) is 0 Å². The topological polar surface area (TPSA) is 250 Å². The second kappa shape index (κ2) is 10.8. The smallest absolute Gasteiger partial charge is 0.238 e. The largest absolute Gasteiger partial charge is 0.508 e. The quantitative estimate of drug-likeness (QED) is 0.144. The molecule has 0 unspecified atom stereocenters. The van der Waals surface area contributed by atoms with Gasteiger partial charge in [-0.2, -0.15) is 0 Å². The Balaban J connectivity index is 0.000000292. The second-order valence-corrected chi connectivity index (χ2v) is 7.01. The molecule has 0 bridgehead atoms. The van der Waals surface area contributed by atoms with E-state index in [2.05, 4.69) is 0 Å². The van der Waals surface area contributed by atoms with Crippen molar-refractivity contribution in [2.75, 3.05) is 6.61 Å². The number of carbonyl (C=O) groups excluding carboxylic acids is 1. The Labute approximate surface area is 189 Å². The lowest BCUT2D eigenvalue weighted by Gasteiger charge is -2.22. The van der Waals surface area contributed by atoms with E-state index in [0.29, 0.717) is 0 Å². The molecule has 0 aliphatic carbocycles. The maximum atomic E-state index is 12.1. The number of hydrogen-bond donors (Lipinski definition) is 10. The molecule has 184 valence electrons. The maximum absolute atomic E-state index is 12.1. The van der Waals surface area contributed by atoms with Crippen molar-refractivity contribution in [2.45, 2.75) is 24.4 Å². The summed E-state index contributed by atoms with van der Waals surface area (Å²) in [6, 6.07) is 5.64. The van der Waals surface area contributed by atoms with Crippen LogP contribution in [-0.4, -0.2) is 88.4 Å². The molecule has 0 aliphatic heterocycles. The van der Waals surface area contributed by atoms with Crippen LogP contribution in [0.2, 0.25) is 0 Å². The maximum Gasteiger partial charge on any atom is 0.238 e. The van der Waals surface area contributed by atoms with Gasteiger partial charge in [-0.1, -0.05) is 0 Å². The molecular formula is C21H22O13. The first-order valence-corrected chi connectivity index (χ1v) is 9.45. The molecule has 0 fully saturated rings. The SMILES string of the molecule is O=C[C@H](O)[C@@H](O)[C@H](O)[C@H](O)CO.O=c1c(O)c(-c2ccc(O)c(O)c2)oc2cc(O)cc(O)c12. The lowest BCUT2D eigenvalue weighted by atomic mass is 10.0. The van der Waals surface area contributed by atoms with Gasteiger partial charge in [0.15, 0.2) is 23.5 Å². The molecule has 4 atom stereocenters. The van der Waals surface area contributed by atoms with Crippen LogP contribution < -0.4 is 5.43 Å². The zero-order valence-corrected chi connectivity index (χ0v) is 17.2. The van der Waals surface area contributed by atoms with E-state index >= 15 is 0 Å². The highest BCUT2D eigenvalue weighted by Gasteiger charge is 2.29. The number of aliphatic hydroxyl groups is 5. The van der Waals surface area contributed by atoms with Gasteiger partial charge in [0.2, 0.25) is 11.2 Å². The zero-order chi connectivity index (χ0) is 25.7. The first-order valence-electron chi connectivity index (χ1n) is 9.45. The number of aromatic hydroxyl groups is 5. The average Bonchev–Trinajstić information content (AvgIpc) is 2.81. The van der Waals surface area contributed by atoms with E-state index in [1.54, 1.807) is 0 Å². The number of phenols is 4. The fourth-order valence-corrected chi connectivity index (χ4v) is 2.75. The summed E-state index contributed by atoms with van der Waals surface area (Å²) in [5.74, 6) is -2.71. The number of rotatable bonds is 6. The summed E-state index contributed by atoms with van der Waals surface area (Å²) in [7, 11) is 0. The van der Waals surface area contributed by atoms with Crippen LogP contribution in [0.1, 0.15) is 0 Å². The fourth-order valence-electron chi connectivity index (χ4n) is 2.75. The summed E-state index contributed by atoms with van der Waals surface area (Å²) < 4.78 is 5.35. The van der Waals surface area contributed by atoms with Crippen LogP contribution in [0, 0.1) is 0 Å². The average molecular weight is 482 g/mol. The summed E-state index contributed by atoms with van der Waals surface area (Å²) in [5.41, 5.74) is -0.890. The Kier molecular flexibility index (Phi) is 8.40. The van der Waals surface area contributed by atoms with E-state index < -0.39 is 53.7 Å². The Morgan fingerprint density at radius 3 is 2.06 bits per heavy atom. The molecule has 3 rings (SSSR count). The number of aliphatic hydroxyl groups excluding tert-OH is 5. The summed E-state index contributed by atoms with van der Waals surface area (Å²) in [4.78, 5) is 22.0. The molecule has 34 heavy (non-hydrogen) atoms. The zero-order valence-electron chi connectivity index (χ0n) is 17.2. The summed E-state index contributed by atoms with van der Waals surface area (Å²) in [6.07, 6.45) is -6.84. The van der Waals surface area contributed by atoms with Crippen LogP contribution >= 0.6 is 0 Å². The number of benzene rings is 2. The molecule has 0 saturated heterocycles. The molecule has 0 radical (unpaired) electrons. The molecule has 0 aliphatic rings. The van der Waals surface area contributed by atoms with Crippen molar-refractivity contribution in [3.8, 4) is 40.1 Å². The van der Waals surface area contributed by atoms with Crippen molar-refractivity contribution < 1.29 is 60.3 Å². The highest BCUT2D eigenvalue weighted by molar-refractivity contribution is 5.88. The predicted octanol–water partition coefficient (Wildman–Crippen LogP) is -1.39. The number of aldehydes is 1. The van der Waals surface area contributed by atoms with Gasteiger partial charge in [-0.25, -0.2) is 0 Å². The van der Waals surface area contributed by atoms with Crippen molar-refractivity contribution in [3.05, 3.63) is 40.6 Å². The summed E-state index contributed by atoms with van der Waals surface area (Å²) >= 11 is 0. The standard InChI is InChI=1S/C15H10O7.C6H12O6/c16-7-4-10(19)12-11(5-7)22-15(14(21)13(12)20)6-1-2-8(17)9(18)3-6;7-1-3(9)5(11)6(12)4(10)2-8/h1-5,16-19,21H;1,3-6,8-12H,2H2/t;3-,4+,5+,6+/m.0/s1. The third kappa shape index (κ3) is 5.54. The van der Waals surface area contributed by atoms with Crippen LogP contribution in [-0.2, 0) is 4.79 Å². The van der Waals surface area contributed by atoms with Gasteiger partial charge in [-0.05, 0) is 18.2 Å². The van der Waals surface area contributed by atoms with Gasteiger partial charge in [-0.15, -0.1) is 0 Å². The van der Waals surface area contributed by atoms with Crippen molar-refractivity contribution >= 4 is 17.3 Å². The molecule has 3 aromatic rings. The van der Waals surface area contributed by atoms with E-state index in [9.17, 15) is 35.1 Å². The molecule has 2 aromatic carbocycles. The number of fused-ring (bicyclic) bond motifs is 1. The van der Waals surface area contributed by atoms with Gasteiger partial charge in [-0.3, -0.25) is 4.79 Å². The normalized spacial score (nSPS) is 14.5. The molecule has 1 aromatic heterocycles. The fraction of sp³-hybridized carbons (Fsp3) is 0.238. The highest BCUT2D eigenvalue weighted by Crippen LogP contribution is 2.37. The molecule has 0 amide bonds. The Morgan fingerprint density at radius 2 is 1.50 bits per heavy atom. The minimum atomic E-state index is -1.79. The molecule has 0 saturated carbocycles. The minimum absolute atomic E-state index is 0.0258. The predicted molar refractivity (Wildman–Crippen MR) is 113 cm³/mol. The van der Waals surface area contributed by atoms with Gasteiger partial charge >= 0.3 is 0 Å². The van der Waals surface area contributed by atoms with Crippen LogP contribution in [0.5, 0.6) is 28.7 Å². The third-order valence-electron chi connectivity index (χ3n) is 4.59. The first kappa shape index (κ1) is 26.4. The van der Waals surface area contributed by atoms with Crippen LogP contribution in [0.15, 0.2) is 39.5 Å². The van der Waals surface area contributed by atoms with E-state index in [-0.39, 0.29) is 40.1 Å². The minimum Gasteiger partial charge on any atom is -0.508 e. The van der Waals surface area contributed by atoms with Crippen LogP contribution in [0.25, 0.3) is 22.3 Å². The second-order valence-electron chi connectivity index (χ2n) is 7.01.